The molecule has 3 heteroatoms. The van der Waals surface area contributed by atoms with Crippen LogP contribution in [0.25, 0.3) is 0 Å². The Morgan fingerprint density at radius 3 is 2.54 bits per heavy atom. The Morgan fingerprint density at radius 1 is 1.31 bits per heavy atom. The van der Waals surface area contributed by atoms with Gasteiger partial charge in [0.2, 0.25) is 0 Å². The summed E-state index contributed by atoms with van der Waals surface area (Å²) in [6.45, 7) is 3.43. The SMILES string of the molecule is ON=C1CCN(CCC2CC2)CC1. The lowest BCUT2D eigenvalue weighted by Gasteiger charge is -2.26. The van der Waals surface area contributed by atoms with E-state index in [4.69, 9.17) is 5.21 Å². The van der Waals surface area contributed by atoms with Gasteiger partial charge in [-0.25, -0.2) is 0 Å². The number of hydrogen-bond acceptors (Lipinski definition) is 3. The van der Waals surface area contributed by atoms with Crippen LogP contribution >= 0.6 is 0 Å². The van der Waals surface area contributed by atoms with Crippen LogP contribution in [0.5, 0.6) is 0 Å². The zero-order chi connectivity index (χ0) is 9.10. The van der Waals surface area contributed by atoms with Crippen molar-refractivity contribution in [3.8, 4) is 0 Å². The molecular weight excluding hydrogens is 164 g/mol. The van der Waals surface area contributed by atoms with Gasteiger partial charge in [0.05, 0.1) is 5.71 Å². The summed E-state index contributed by atoms with van der Waals surface area (Å²) in [6.07, 6.45) is 6.21. The van der Waals surface area contributed by atoms with E-state index in [2.05, 4.69) is 10.1 Å². The van der Waals surface area contributed by atoms with Crippen molar-refractivity contribution in [1.29, 1.82) is 0 Å². The predicted molar refractivity (Wildman–Crippen MR) is 52.2 cm³/mol. The molecule has 2 fully saturated rings. The molecule has 1 saturated heterocycles. The minimum Gasteiger partial charge on any atom is -0.411 e. The van der Waals surface area contributed by atoms with E-state index >= 15 is 0 Å². The summed E-state index contributed by atoms with van der Waals surface area (Å²) in [4.78, 5) is 2.49. The Hall–Kier alpha value is -0.570. The van der Waals surface area contributed by atoms with Crippen molar-refractivity contribution in [2.24, 2.45) is 11.1 Å². The van der Waals surface area contributed by atoms with Crippen LogP contribution in [-0.2, 0) is 0 Å². The average molecular weight is 182 g/mol. The lowest BCUT2D eigenvalue weighted by atomic mass is 10.1. The molecule has 0 aromatic carbocycles. The first-order valence-corrected chi connectivity index (χ1v) is 5.30. The van der Waals surface area contributed by atoms with Gasteiger partial charge in [0, 0.05) is 25.9 Å². The number of hydrogen-bond donors (Lipinski definition) is 1. The minimum atomic E-state index is 0.959. The van der Waals surface area contributed by atoms with Crippen molar-refractivity contribution in [3.63, 3.8) is 0 Å². The second-order valence-corrected chi connectivity index (χ2v) is 4.24. The number of nitrogens with zero attached hydrogens (tertiary/aromatic N) is 2. The first kappa shape index (κ1) is 9.00. The maximum atomic E-state index is 8.57. The molecule has 0 spiro atoms. The van der Waals surface area contributed by atoms with Crippen LogP contribution in [0.2, 0.25) is 0 Å². The molecule has 0 radical (unpaired) electrons. The molecule has 2 rings (SSSR count). The maximum absolute atomic E-state index is 8.57. The molecule has 3 nitrogen and oxygen atoms in total. The Labute approximate surface area is 79.4 Å². The first-order valence-electron chi connectivity index (χ1n) is 5.30. The Morgan fingerprint density at radius 2 is 2.00 bits per heavy atom. The molecule has 74 valence electrons. The second kappa shape index (κ2) is 4.09. The largest absolute Gasteiger partial charge is 0.411 e. The standard InChI is InChI=1S/C10H18N2O/c13-11-10-4-7-12(8-5-10)6-3-9-1-2-9/h9,13H,1-8H2. The number of rotatable bonds is 3. The van der Waals surface area contributed by atoms with Gasteiger partial charge in [0.1, 0.15) is 0 Å². The maximum Gasteiger partial charge on any atom is 0.0596 e. The molecule has 1 aliphatic carbocycles. The summed E-state index contributed by atoms with van der Waals surface area (Å²) in [6, 6.07) is 0. The van der Waals surface area contributed by atoms with E-state index in [-0.39, 0.29) is 0 Å². The van der Waals surface area contributed by atoms with Crippen LogP contribution in [0.15, 0.2) is 5.16 Å². The fraction of sp³-hybridized carbons (Fsp3) is 0.900. The normalized spacial score (nSPS) is 24.8. The smallest absolute Gasteiger partial charge is 0.0596 e. The molecule has 13 heavy (non-hydrogen) atoms. The van der Waals surface area contributed by atoms with Gasteiger partial charge in [-0.2, -0.15) is 0 Å². The van der Waals surface area contributed by atoms with Crippen LogP contribution in [0.1, 0.15) is 32.1 Å². The van der Waals surface area contributed by atoms with E-state index in [1.54, 1.807) is 0 Å². The summed E-state index contributed by atoms with van der Waals surface area (Å²) < 4.78 is 0. The van der Waals surface area contributed by atoms with Crippen molar-refractivity contribution in [3.05, 3.63) is 0 Å². The highest BCUT2D eigenvalue weighted by molar-refractivity contribution is 5.84. The van der Waals surface area contributed by atoms with E-state index < -0.39 is 0 Å². The first-order chi connectivity index (χ1) is 6.38. The van der Waals surface area contributed by atoms with Gasteiger partial charge < -0.3 is 10.1 Å². The molecule has 1 saturated carbocycles. The van der Waals surface area contributed by atoms with Crippen LogP contribution in [-0.4, -0.2) is 35.5 Å². The predicted octanol–water partition coefficient (Wildman–Crippen LogP) is 1.71. The molecule has 0 unspecified atom stereocenters. The monoisotopic (exact) mass is 182 g/mol. The average Bonchev–Trinajstić information content (AvgIpc) is 2.99. The summed E-state index contributed by atoms with van der Waals surface area (Å²) in [7, 11) is 0. The third-order valence-corrected chi connectivity index (χ3v) is 3.13. The highest BCUT2D eigenvalue weighted by Gasteiger charge is 2.23. The van der Waals surface area contributed by atoms with Crippen molar-refractivity contribution in [2.75, 3.05) is 19.6 Å². The van der Waals surface area contributed by atoms with Crippen molar-refractivity contribution in [1.82, 2.24) is 4.90 Å². The van der Waals surface area contributed by atoms with Crippen LogP contribution in [0, 0.1) is 5.92 Å². The quantitative estimate of drug-likeness (QED) is 0.533. The molecule has 1 aliphatic heterocycles. The second-order valence-electron chi connectivity index (χ2n) is 4.24. The van der Waals surface area contributed by atoms with Gasteiger partial charge >= 0.3 is 0 Å². The molecule has 0 aromatic heterocycles. The van der Waals surface area contributed by atoms with E-state index in [9.17, 15) is 0 Å². The summed E-state index contributed by atoms with van der Waals surface area (Å²) in [5.41, 5.74) is 0.975. The van der Waals surface area contributed by atoms with Crippen LogP contribution < -0.4 is 0 Å². The lowest BCUT2D eigenvalue weighted by molar-refractivity contribution is 0.256. The molecule has 0 aromatic rings. The number of likely N-dealkylation sites (tertiary alicyclic amines) is 1. The highest BCUT2D eigenvalue weighted by atomic mass is 16.4. The minimum absolute atomic E-state index is 0.959. The number of oxime groups is 1. The van der Waals surface area contributed by atoms with Crippen LogP contribution in [0.4, 0.5) is 0 Å². The Kier molecular flexibility index (Phi) is 2.83. The van der Waals surface area contributed by atoms with Crippen molar-refractivity contribution >= 4 is 5.71 Å². The molecule has 1 heterocycles. The lowest BCUT2D eigenvalue weighted by Crippen LogP contribution is -2.34. The van der Waals surface area contributed by atoms with Gasteiger partial charge in [-0.1, -0.05) is 18.0 Å². The molecule has 1 N–H and O–H groups in total. The van der Waals surface area contributed by atoms with Gasteiger partial charge in [0.15, 0.2) is 0 Å². The molecular formula is C10H18N2O. The summed E-state index contributed by atoms with van der Waals surface area (Å²) in [5.74, 6) is 1.04. The van der Waals surface area contributed by atoms with Crippen LogP contribution in [0.3, 0.4) is 0 Å². The van der Waals surface area contributed by atoms with E-state index in [0.717, 1.165) is 37.6 Å². The Balaban J connectivity index is 1.65. The van der Waals surface area contributed by atoms with Crippen molar-refractivity contribution in [2.45, 2.75) is 32.1 Å². The van der Waals surface area contributed by atoms with Gasteiger partial charge in [-0.15, -0.1) is 0 Å². The highest BCUT2D eigenvalue weighted by Crippen LogP contribution is 2.32. The zero-order valence-electron chi connectivity index (χ0n) is 8.08. The zero-order valence-corrected chi connectivity index (χ0v) is 8.08. The fourth-order valence-electron chi connectivity index (χ4n) is 1.91. The fourth-order valence-corrected chi connectivity index (χ4v) is 1.91. The topological polar surface area (TPSA) is 35.8 Å². The third kappa shape index (κ3) is 2.69. The van der Waals surface area contributed by atoms with E-state index in [0.29, 0.717) is 0 Å². The molecule has 0 amide bonds. The molecule has 0 bridgehead atoms. The third-order valence-electron chi connectivity index (χ3n) is 3.13. The van der Waals surface area contributed by atoms with Gasteiger partial charge in [-0.3, -0.25) is 0 Å². The van der Waals surface area contributed by atoms with Gasteiger partial charge in [0.25, 0.3) is 0 Å². The number of piperidine rings is 1. The summed E-state index contributed by atoms with van der Waals surface area (Å²) in [5, 5.41) is 11.9. The van der Waals surface area contributed by atoms with E-state index in [1.807, 2.05) is 0 Å². The van der Waals surface area contributed by atoms with Crippen molar-refractivity contribution < 1.29 is 5.21 Å². The molecule has 2 aliphatic rings. The molecule has 0 atom stereocenters. The van der Waals surface area contributed by atoms with Gasteiger partial charge in [-0.05, 0) is 18.9 Å². The Bertz CT molecular complexity index is 189. The summed E-state index contributed by atoms with van der Waals surface area (Å²) >= 11 is 0. The van der Waals surface area contributed by atoms with E-state index in [1.165, 1.54) is 25.8 Å².